The maximum absolute atomic E-state index is 11.3. The molecule has 0 bridgehead atoms. The van der Waals surface area contributed by atoms with E-state index < -0.39 is 5.97 Å². The monoisotopic (exact) mass is 235 g/mol. The lowest BCUT2D eigenvalue weighted by atomic mass is 10.3. The minimum absolute atomic E-state index is 0.0902. The molecule has 0 aliphatic carbocycles. The van der Waals surface area contributed by atoms with Gasteiger partial charge < -0.3 is 9.67 Å². The highest BCUT2D eigenvalue weighted by molar-refractivity contribution is 7.12. The highest BCUT2D eigenvalue weighted by Crippen LogP contribution is 2.23. The fourth-order valence-corrected chi connectivity index (χ4v) is 2.25. The Morgan fingerprint density at radius 3 is 2.75 bits per heavy atom. The van der Waals surface area contributed by atoms with Crippen LogP contribution in [0.15, 0.2) is 29.8 Å². The Balaban J connectivity index is 2.59. The number of carboxylic acids is 1. The number of carbonyl (C=O) groups is 2. The van der Waals surface area contributed by atoms with Crippen LogP contribution in [0, 0.1) is 0 Å². The molecule has 0 aromatic carbocycles. The Bertz CT molecular complexity index is 503. The fraction of sp³-hybridized carbons (Fsp3) is 0.0909. The van der Waals surface area contributed by atoms with E-state index in [1.807, 2.05) is 0 Å². The van der Waals surface area contributed by atoms with E-state index in [1.165, 1.54) is 6.92 Å². The Morgan fingerprint density at radius 1 is 1.38 bits per heavy atom. The summed E-state index contributed by atoms with van der Waals surface area (Å²) >= 11 is 1.14. The first kappa shape index (κ1) is 10.6. The number of thiophene rings is 1. The Hall–Kier alpha value is -1.88. The molecular weight excluding hydrogens is 226 g/mol. The van der Waals surface area contributed by atoms with Crippen LogP contribution < -0.4 is 0 Å². The molecule has 0 unspecified atom stereocenters. The van der Waals surface area contributed by atoms with Gasteiger partial charge in [-0.3, -0.25) is 4.79 Å². The van der Waals surface area contributed by atoms with Crippen molar-refractivity contribution in [2.45, 2.75) is 6.92 Å². The molecule has 0 aliphatic rings. The standard InChI is InChI=1S/C11H9NO3S/c1-7(13)8-3-2-5-12(8)9-4-6-16-10(9)11(14)15/h2-6H,1H3,(H,14,15). The predicted molar refractivity (Wildman–Crippen MR) is 60.6 cm³/mol. The van der Waals surface area contributed by atoms with Crippen LogP contribution >= 0.6 is 11.3 Å². The molecule has 2 heterocycles. The Morgan fingerprint density at radius 2 is 2.12 bits per heavy atom. The zero-order chi connectivity index (χ0) is 11.7. The van der Waals surface area contributed by atoms with Gasteiger partial charge in [0.1, 0.15) is 4.88 Å². The second kappa shape index (κ2) is 3.94. The molecular formula is C11H9NO3S. The summed E-state index contributed by atoms with van der Waals surface area (Å²) in [6, 6.07) is 5.09. The van der Waals surface area contributed by atoms with Gasteiger partial charge in [-0.15, -0.1) is 11.3 Å². The van der Waals surface area contributed by atoms with Crippen molar-refractivity contribution >= 4 is 23.1 Å². The van der Waals surface area contributed by atoms with Crippen LogP contribution in [0.2, 0.25) is 0 Å². The number of aromatic carboxylic acids is 1. The normalized spacial score (nSPS) is 10.3. The van der Waals surface area contributed by atoms with Gasteiger partial charge >= 0.3 is 5.97 Å². The zero-order valence-electron chi connectivity index (χ0n) is 8.51. The molecule has 5 heteroatoms. The van der Waals surface area contributed by atoms with E-state index in [-0.39, 0.29) is 10.7 Å². The van der Waals surface area contributed by atoms with Gasteiger partial charge in [0.25, 0.3) is 0 Å². The van der Waals surface area contributed by atoms with Crippen molar-refractivity contribution in [2.24, 2.45) is 0 Å². The molecule has 0 fully saturated rings. The van der Waals surface area contributed by atoms with E-state index in [2.05, 4.69) is 0 Å². The molecule has 82 valence electrons. The van der Waals surface area contributed by atoms with Gasteiger partial charge in [-0.05, 0) is 23.6 Å². The topological polar surface area (TPSA) is 59.3 Å². The van der Waals surface area contributed by atoms with E-state index in [1.54, 1.807) is 34.3 Å². The smallest absolute Gasteiger partial charge is 0.348 e. The lowest BCUT2D eigenvalue weighted by Gasteiger charge is -2.05. The maximum Gasteiger partial charge on any atom is 0.348 e. The molecule has 2 aromatic rings. The van der Waals surface area contributed by atoms with Crippen LogP contribution in [0.3, 0.4) is 0 Å². The van der Waals surface area contributed by atoms with Gasteiger partial charge in [-0.2, -0.15) is 0 Å². The van der Waals surface area contributed by atoms with Gasteiger partial charge in [0, 0.05) is 13.1 Å². The lowest BCUT2D eigenvalue weighted by molar-refractivity contribution is 0.0701. The van der Waals surface area contributed by atoms with E-state index in [0.717, 1.165) is 11.3 Å². The van der Waals surface area contributed by atoms with Crippen molar-refractivity contribution in [2.75, 3.05) is 0 Å². The number of nitrogens with zero attached hydrogens (tertiary/aromatic N) is 1. The second-order valence-electron chi connectivity index (χ2n) is 3.26. The average Bonchev–Trinajstić information content (AvgIpc) is 2.85. The fourth-order valence-electron chi connectivity index (χ4n) is 1.53. The first-order valence-corrected chi connectivity index (χ1v) is 5.48. The molecule has 2 aromatic heterocycles. The lowest BCUT2D eigenvalue weighted by Crippen LogP contribution is -2.06. The molecule has 0 saturated heterocycles. The predicted octanol–water partition coefficient (Wildman–Crippen LogP) is 2.44. The number of hydrogen-bond acceptors (Lipinski definition) is 3. The number of aromatic nitrogens is 1. The minimum atomic E-state index is -0.979. The van der Waals surface area contributed by atoms with Crippen molar-refractivity contribution in [3.63, 3.8) is 0 Å². The minimum Gasteiger partial charge on any atom is -0.477 e. The third kappa shape index (κ3) is 1.65. The highest BCUT2D eigenvalue weighted by Gasteiger charge is 2.16. The van der Waals surface area contributed by atoms with Gasteiger partial charge in [0.15, 0.2) is 5.78 Å². The third-order valence-corrected chi connectivity index (χ3v) is 3.10. The van der Waals surface area contributed by atoms with E-state index in [4.69, 9.17) is 5.11 Å². The number of ketones is 1. The molecule has 0 amide bonds. The van der Waals surface area contributed by atoms with Crippen LogP contribution in [0.25, 0.3) is 5.69 Å². The van der Waals surface area contributed by atoms with Gasteiger partial charge in [-0.25, -0.2) is 4.79 Å². The van der Waals surface area contributed by atoms with E-state index in [0.29, 0.717) is 11.4 Å². The zero-order valence-corrected chi connectivity index (χ0v) is 9.32. The van der Waals surface area contributed by atoms with Crippen molar-refractivity contribution in [1.82, 2.24) is 4.57 Å². The summed E-state index contributed by atoms with van der Waals surface area (Å²) < 4.78 is 1.60. The second-order valence-corrected chi connectivity index (χ2v) is 4.18. The highest BCUT2D eigenvalue weighted by atomic mass is 32.1. The molecule has 2 rings (SSSR count). The number of carboxylic acid groups (broad SMARTS) is 1. The molecule has 0 radical (unpaired) electrons. The van der Waals surface area contributed by atoms with Crippen molar-refractivity contribution in [3.05, 3.63) is 40.3 Å². The maximum atomic E-state index is 11.3. The number of hydrogen-bond donors (Lipinski definition) is 1. The summed E-state index contributed by atoms with van der Waals surface area (Å²) in [4.78, 5) is 22.5. The van der Waals surface area contributed by atoms with Crippen molar-refractivity contribution in [1.29, 1.82) is 0 Å². The summed E-state index contributed by atoms with van der Waals surface area (Å²) in [7, 11) is 0. The van der Waals surface area contributed by atoms with Crippen LogP contribution in [0.1, 0.15) is 27.1 Å². The van der Waals surface area contributed by atoms with Gasteiger partial charge in [0.05, 0.1) is 11.4 Å². The summed E-state index contributed by atoms with van der Waals surface area (Å²) in [5.41, 5.74) is 1.02. The summed E-state index contributed by atoms with van der Waals surface area (Å²) in [6.07, 6.45) is 1.69. The summed E-state index contributed by atoms with van der Waals surface area (Å²) in [5, 5.41) is 10.7. The number of rotatable bonds is 3. The molecule has 0 atom stereocenters. The summed E-state index contributed by atoms with van der Waals surface area (Å²) in [6.45, 7) is 1.46. The quantitative estimate of drug-likeness (QED) is 0.831. The van der Waals surface area contributed by atoms with Crippen molar-refractivity contribution < 1.29 is 14.7 Å². The molecule has 0 spiro atoms. The first-order chi connectivity index (χ1) is 7.61. The largest absolute Gasteiger partial charge is 0.477 e. The Kier molecular flexibility index (Phi) is 2.62. The van der Waals surface area contributed by atoms with Crippen LogP contribution in [-0.2, 0) is 0 Å². The number of carbonyl (C=O) groups excluding carboxylic acids is 1. The number of Topliss-reactive ketones (excluding diaryl/α,β-unsaturated/α-hetero) is 1. The molecule has 0 aliphatic heterocycles. The average molecular weight is 235 g/mol. The summed E-state index contributed by atoms with van der Waals surface area (Å²) in [5.74, 6) is -1.07. The van der Waals surface area contributed by atoms with Crippen LogP contribution in [0.4, 0.5) is 0 Å². The first-order valence-electron chi connectivity index (χ1n) is 4.60. The van der Waals surface area contributed by atoms with Crippen LogP contribution in [-0.4, -0.2) is 21.4 Å². The third-order valence-electron chi connectivity index (χ3n) is 2.21. The van der Waals surface area contributed by atoms with Crippen molar-refractivity contribution in [3.8, 4) is 5.69 Å². The molecule has 4 nitrogen and oxygen atoms in total. The SMILES string of the molecule is CC(=O)c1cccn1-c1ccsc1C(=O)O. The van der Waals surface area contributed by atoms with Gasteiger partial charge in [0.2, 0.25) is 0 Å². The van der Waals surface area contributed by atoms with Gasteiger partial charge in [-0.1, -0.05) is 0 Å². The molecule has 0 saturated carbocycles. The molecule has 1 N–H and O–H groups in total. The Labute approximate surface area is 95.8 Å². The van der Waals surface area contributed by atoms with E-state index >= 15 is 0 Å². The molecule has 16 heavy (non-hydrogen) atoms. The van der Waals surface area contributed by atoms with Crippen LogP contribution in [0.5, 0.6) is 0 Å². The van der Waals surface area contributed by atoms with E-state index in [9.17, 15) is 9.59 Å².